The molecule has 3 N–H and O–H groups in total. The number of anilines is 2. The number of benzene rings is 4. The fourth-order valence-electron chi connectivity index (χ4n) is 5.57. The molecule has 1 aliphatic rings. The number of nitrogens with one attached hydrogen (secondary N) is 1. The molecule has 8 heteroatoms. The topological polar surface area (TPSA) is 85.2 Å². The third-order valence-corrected chi connectivity index (χ3v) is 8.17. The average Bonchev–Trinajstić information content (AvgIpc) is 3.09. The summed E-state index contributed by atoms with van der Waals surface area (Å²) in [5.41, 5.74) is 5.18. The Morgan fingerprint density at radius 3 is 1.93 bits per heavy atom. The van der Waals surface area contributed by atoms with Crippen LogP contribution in [-0.4, -0.2) is 54.1 Å². The molecule has 1 aliphatic heterocycles. The van der Waals surface area contributed by atoms with Crippen molar-refractivity contribution in [1.82, 2.24) is 15.2 Å². The Labute approximate surface area is 266 Å². The molecular formula is C37H42N6O2. The summed E-state index contributed by atoms with van der Waals surface area (Å²) in [5.74, 6) is 6.17. The van der Waals surface area contributed by atoms with Crippen LogP contribution >= 0.6 is 0 Å². The summed E-state index contributed by atoms with van der Waals surface area (Å²) < 4.78 is 0. The molecule has 0 bridgehead atoms. The first-order valence-electron chi connectivity index (χ1n) is 15.4. The molecule has 8 nitrogen and oxygen atoms in total. The van der Waals surface area contributed by atoms with Crippen LogP contribution in [-0.2, 0) is 11.3 Å². The minimum atomic E-state index is -0.372. The van der Waals surface area contributed by atoms with E-state index < -0.39 is 0 Å². The second-order valence-electron chi connectivity index (χ2n) is 11.5. The maximum atomic E-state index is 13.6. The van der Waals surface area contributed by atoms with Crippen molar-refractivity contribution in [3.63, 3.8) is 0 Å². The van der Waals surface area contributed by atoms with Gasteiger partial charge in [0.2, 0.25) is 5.91 Å². The minimum absolute atomic E-state index is 0.00149. The maximum absolute atomic E-state index is 13.6. The van der Waals surface area contributed by atoms with Crippen LogP contribution in [0, 0.1) is 0 Å². The van der Waals surface area contributed by atoms with E-state index in [0.717, 1.165) is 48.6 Å². The van der Waals surface area contributed by atoms with Gasteiger partial charge in [-0.25, -0.2) is 10.6 Å². The number of carbonyl (C=O) groups excluding carboxylic acids is 2. The lowest BCUT2D eigenvalue weighted by molar-refractivity contribution is -0.127. The quantitative estimate of drug-likeness (QED) is 0.131. The fraction of sp³-hybridized carbons (Fsp3) is 0.243. The van der Waals surface area contributed by atoms with Crippen LogP contribution in [0.2, 0.25) is 0 Å². The number of nitrogens with zero attached hydrogens (tertiary/aromatic N) is 4. The van der Waals surface area contributed by atoms with Crippen molar-refractivity contribution in [1.29, 1.82) is 0 Å². The van der Waals surface area contributed by atoms with Gasteiger partial charge in [0.25, 0.3) is 0 Å². The van der Waals surface area contributed by atoms with E-state index in [4.69, 9.17) is 5.84 Å². The van der Waals surface area contributed by atoms with E-state index in [9.17, 15) is 9.59 Å². The lowest BCUT2D eigenvalue weighted by Crippen LogP contribution is -2.51. The lowest BCUT2D eigenvalue weighted by atomic mass is 10.0. The van der Waals surface area contributed by atoms with Crippen molar-refractivity contribution in [2.75, 3.05) is 36.0 Å². The predicted octanol–water partition coefficient (Wildman–Crippen LogP) is 6.05. The van der Waals surface area contributed by atoms with Crippen LogP contribution in [0.4, 0.5) is 16.2 Å². The molecule has 4 aromatic rings. The number of nitrogens with two attached hydrogens (primary N) is 1. The first kappa shape index (κ1) is 31.5. The van der Waals surface area contributed by atoms with Gasteiger partial charge in [-0.1, -0.05) is 97.6 Å². The van der Waals surface area contributed by atoms with Gasteiger partial charge in [0.15, 0.2) is 0 Å². The van der Waals surface area contributed by atoms with Crippen LogP contribution in [0.3, 0.4) is 0 Å². The van der Waals surface area contributed by atoms with E-state index in [1.165, 1.54) is 5.01 Å². The van der Waals surface area contributed by atoms with Crippen LogP contribution in [0.1, 0.15) is 36.6 Å². The van der Waals surface area contributed by atoms with Gasteiger partial charge in [0.05, 0.1) is 11.4 Å². The number of hydrogen-bond donors (Lipinski definition) is 2. The van der Waals surface area contributed by atoms with E-state index in [1.807, 2.05) is 129 Å². The van der Waals surface area contributed by atoms with Crippen molar-refractivity contribution in [2.45, 2.75) is 32.5 Å². The number of rotatable bonds is 10. The summed E-state index contributed by atoms with van der Waals surface area (Å²) in [7, 11) is 0. The largest absolute Gasteiger partial charge is 0.369 e. The van der Waals surface area contributed by atoms with Gasteiger partial charge < -0.3 is 10.2 Å². The van der Waals surface area contributed by atoms with Crippen LogP contribution in [0.25, 0.3) is 5.70 Å². The van der Waals surface area contributed by atoms with E-state index in [1.54, 1.807) is 4.90 Å². The fourth-order valence-corrected chi connectivity index (χ4v) is 5.57. The molecule has 1 atom stereocenters. The highest BCUT2D eigenvalue weighted by Crippen LogP contribution is 2.30. The standard InChI is InChI=1S/C37H42N6O2/c1-28(2)43(38)37(45)42(29(3)31-15-9-5-10-16-31)34-21-19-33(20-22-34)40-23-25-41(26-24-40)35(32-17-11-6-12-18-32)36(44)39-27-30-13-7-4-8-14-30/h4-22,28,35H,3,23-27,38H2,1-2H3,(H,39,44). The number of hydrogen-bond acceptors (Lipinski definition) is 5. The van der Waals surface area contributed by atoms with Gasteiger partial charge in [-0.05, 0) is 54.8 Å². The van der Waals surface area contributed by atoms with Gasteiger partial charge >= 0.3 is 6.03 Å². The number of amides is 3. The molecule has 0 saturated carbocycles. The number of hydrazine groups is 1. The molecule has 5 rings (SSSR count). The zero-order chi connectivity index (χ0) is 31.8. The smallest absolute Gasteiger partial charge is 0.343 e. The minimum Gasteiger partial charge on any atom is -0.369 e. The molecule has 1 saturated heterocycles. The molecule has 232 valence electrons. The second kappa shape index (κ2) is 14.7. The number of urea groups is 1. The normalized spacial score (nSPS) is 14.1. The molecule has 1 unspecified atom stereocenters. The van der Waals surface area contributed by atoms with E-state index in [-0.39, 0.29) is 24.0 Å². The lowest BCUT2D eigenvalue weighted by Gasteiger charge is -2.40. The Kier molecular flexibility index (Phi) is 10.3. The van der Waals surface area contributed by atoms with Crippen LogP contribution < -0.4 is 21.0 Å². The Morgan fingerprint density at radius 2 is 1.36 bits per heavy atom. The predicted molar refractivity (Wildman–Crippen MR) is 182 cm³/mol. The van der Waals surface area contributed by atoms with Crippen LogP contribution in [0.5, 0.6) is 0 Å². The second-order valence-corrected chi connectivity index (χ2v) is 11.5. The summed E-state index contributed by atoms with van der Waals surface area (Å²) in [4.78, 5) is 33.2. The molecular weight excluding hydrogens is 560 g/mol. The van der Waals surface area contributed by atoms with Crippen molar-refractivity contribution >= 4 is 29.0 Å². The zero-order valence-corrected chi connectivity index (χ0v) is 26.0. The highest BCUT2D eigenvalue weighted by molar-refractivity contribution is 6.04. The Morgan fingerprint density at radius 1 is 0.800 bits per heavy atom. The third kappa shape index (κ3) is 7.60. The van der Waals surface area contributed by atoms with Gasteiger partial charge in [-0.2, -0.15) is 0 Å². The monoisotopic (exact) mass is 602 g/mol. The molecule has 0 spiro atoms. The Bertz CT molecular complexity index is 1550. The van der Waals surface area contributed by atoms with E-state index >= 15 is 0 Å². The third-order valence-electron chi connectivity index (χ3n) is 8.17. The SMILES string of the molecule is C=C(c1ccccc1)N(C(=O)N(N)C(C)C)c1ccc(N2CCN(C(C(=O)NCc3ccccc3)c3ccccc3)CC2)cc1. The molecule has 3 amide bonds. The number of piperazine rings is 1. The molecule has 1 fully saturated rings. The van der Waals surface area contributed by atoms with E-state index in [0.29, 0.717) is 17.9 Å². The van der Waals surface area contributed by atoms with Gasteiger partial charge in [-0.3, -0.25) is 19.6 Å². The summed E-state index contributed by atoms with van der Waals surface area (Å²) in [6.45, 7) is 11.5. The highest BCUT2D eigenvalue weighted by atomic mass is 16.2. The average molecular weight is 603 g/mol. The summed E-state index contributed by atoms with van der Waals surface area (Å²) in [5, 5.41) is 4.38. The van der Waals surface area contributed by atoms with Crippen LogP contribution in [0.15, 0.2) is 122 Å². The van der Waals surface area contributed by atoms with Crippen molar-refractivity contribution < 1.29 is 9.59 Å². The van der Waals surface area contributed by atoms with Crippen molar-refractivity contribution in [2.24, 2.45) is 5.84 Å². The summed E-state index contributed by atoms with van der Waals surface area (Å²) in [6.07, 6.45) is 0. The van der Waals surface area contributed by atoms with E-state index in [2.05, 4.69) is 21.7 Å². The first-order chi connectivity index (χ1) is 21.8. The maximum Gasteiger partial charge on any atom is 0.343 e. The zero-order valence-electron chi connectivity index (χ0n) is 26.0. The van der Waals surface area contributed by atoms with Gasteiger partial charge in [0, 0.05) is 44.5 Å². The molecule has 45 heavy (non-hydrogen) atoms. The molecule has 0 radical (unpaired) electrons. The Hall–Kier alpha value is -4.92. The molecule has 0 aliphatic carbocycles. The molecule has 1 heterocycles. The van der Waals surface area contributed by atoms with Gasteiger partial charge in [0.1, 0.15) is 6.04 Å². The molecule has 4 aromatic carbocycles. The first-order valence-corrected chi connectivity index (χ1v) is 15.4. The summed E-state index contributed by atoms with van der Waals surface area (Å²) >= 11 is 0. The van der Waals surface area contributed by atoms with Crippen molar-refractivity contribution in [3.8, 4) is 0 Å². The van der Waals surface area contributed by atoms with Crippen molar-refractivity contribution in [3.05, 3.63) is 139 Å². The number of carbonyl (C=O) groups is 2. The van der Waals surface area contributed by atoms with Gasteiger partial charge in [-0.15, -0.1) is 0 Å². The highest BCUT2D eigenvalue weighted by Gasteiger charge is 2.31. The molecule has 0 aromatic heterocycles. The Balaban J connectivity index is 1.29. The summed E-state index contributed by atoms with van der Waals surface area (Å²) in [6, 6.07) is 36.6.